The zero-order valence-electron chi connectivity index (χ0n) is 11.3. The van der Waals surface area contributed by atoms with Gasteiger partial charge in [-0.05, 0) is 24.6 Å². The van der Waals surface area contributed by atoms with E-state index in [4.69, 9.17) is 4.43 Å². The first-order chi connectivity index (χ1) is 7.20. The van der Waals surface area contributed by atoms with E-state index in [1.54, 1.807) is 6.08 Å². The molecule has 0 unspecified atom stereocenters. The molecule has 3 nitrogen and oxygen atoms in total. The van der Waals surface area contributed by atoms with Crippen LogP contribution in [0.15, 0.2) is 12.2 Å². The minimum Gasteiger partial charge on any atom is -0.466 e. The molecule has 0 amide bonds. The van der Waals surface area contributed by atoms with E-state index in [0.717, 1.165) is 6.42 Å². The average Bonchev–Trinajstić information content (AvgIpc) is 2.15. The number of rotatable bonds is 5. The van der Waals surface area contributed by atoms with Crippen LogP contribution >= 0.6 is 0 Å². The number of ether oxygens (including phenoxy) is 1. The van der Waals surface area contributed by atoms with Gasteiger partial charge in [0.05, 0.1) is 7.11 Å². The van der Waals surface area contributed by atoms with E-state index in [0.29, 0.717) is 6.61 Å². The lowest BCUT2D eigenvalue weighted by atomic mass is 10.2. The lowest BCUT2D eigenvalue weighted by Crippen LogP contribution is -2.40. The summed E-state index contributed by atoms with van der Waals surface area (Å²) in [6.45, 7) is 11.7. The van der Waals surface area contributed by atoms with Crippen LogP contribution in [0.5, 0.6) is 0 Å². The van der Waals surface area contributed by atoms with Gasteiger partial charge in [0.1, 0.15) is 0 Å². The highest BCUT2D eigenvalue weighted by Crippen LogP contribution is 2.36. The molecule has 0 aromatic carbocycles. The summed E-state index contributed by atoms with van der Waals surface area (Å²) >= 11 is 0. The summed E-state index contributed by atoms with van der Waals surface area (Å²) in [5.41, 5.74) is 0. The highest BCUT2D eigenvalue weighted by Gasteiger charge is 2.36. The SMILES string of the molecule is COC(=O)C=CCCO[Si](C)(C)C(C)(C)C. The van der Waals surface area contributed by atoms with E-state index in [1.807, 2.05) is 0 Å². The molecular formula is C12H24O3Si. The molecule has 0 radical (unpaired) electrons. The lowest BCUT2D eigenvalue weighted by Gasteiger charge is -2.36. The first-order valence-electron chi connectivity index (χ1n) is 5.59. The van der Waals surface area contributed by atoms with Crippen molar-refractivity contribution in [1.82, 2.24) is 0 Å². The fourth-order valence-electron chi connectivity index (χ4n) is 0.846. The molecule has 0 N–H and O–H groups in total. The molecule has 94 valence electrons. The molecule has 0 aliphatic carbocycles. The molecule has 0 saturated heterocycles. The Balaban J connectivity index is 3.91. The van der Waals surface area contributed by atoms with Crippen molar-refractivity contribution in [1.29, 1.82) is 0 Å². The molecular weight excluding hydrogens is 220 g/mol. The van der Waals surface area contributed by atoms with Gasteiger partial charge in [-0.1, -0.05) is 26.8 Å². The van der Waals surface area contributed by atoms with E-state index < -0.39 is 8.32 Å². The normalized spacial score (nSPS) is 13.1. The standard InChI is InChI=1S/C12H24O3Si/c1-12(2,3)16(5,6)15-10-8-7-9-11(13)14-4/h7,9H,8,10H2,1-6H3. The summed E-state index contributed by atoms with van der Waals surface area (Å²) in [4.78, 5) is 10.8. The molecule has 0 aliphatic heterocycles. The van der Waals surface area contributed by atoms with Crippen LogP contribution in [0.1, 0.15) is 27.2 Å². The molecule has 0 heterocycles. The van der Waals surface area contributed by atoms with Gasteiger partial charge in [-0.3, -0.25) is 0 Å². The van der Waals surface area contributed by atoms with Gasteiger partial charge in [-0.15, -0.1) is 0 Å². The van der Waals surface area contributed by atoms with Crippen LogP contribution < -0.4 is 0 Å². The van der Waals surface area contributed by atoms with Crippen molar-refractivity contribution in [3.63, 3.8) is 0 Å². The highest BCUT2D eigenvalue weighted by molar-refractivity contribution is 6.74. The van der Waals surface area contributed by atoms with E-state index >= 15 is 0 Å². The van der Waals surface area contributed by atoms with Crippen LogP contribution in [0.3, 0.4) is 0 Å². The third-order valence-corrected chi connectivity index (χ3v) is 7.55. The second kappa shape index (κ2) is 6.20. The fourth-order valence-corrected chi connectivity index (χ4v) is 1.91. The van der Waals surface area contributed by atoms with E-state index in [-0.39, 0.29) is 11.0 Å². The Morgan fingerprint density at radius 3 is 2.31 bits per heavy atom. The second-order valence-electron chi connectivity index (χ2n) is 5.32. The largest absolute Gasteiger partial charge is 0.466 e. The van der Waals surface area contributed by atoms with Crippen LogP contribution in [0.4, 0.5) is 0 Å². The third kappa shape index (κ3) is 5.46. The molecule has 0 saturated carbocycles. The molecule has 0 spiro atoms. The van der Waals surface area contributed by atoms with Crippen LogP contribution in [0.25, 0.3) is 0 Å². The van der Waals surface area contributed by atoms with Gasteiger partial charge in [0.2, 0.25) is 0 Å². The molecule has 0 aromatic rings. The van der Waals surface area contributed by atoms with Crippen LogP contribution in [0.2, 0.25) is 18.1 Å². The van der Waals surface area contributed by atoms with Crippen molar-refractivity contribution in [3.05, 3.63) is 12.2 Å². The van der Waals surface area contributed by atoms with Gasteiger partial charge in [0.15, 0.2) is 8.32 Å². The average molecular weight is 244 g/mol. The van der Waals surface area contributed by atoms with Crippen molar-refractivity contribution in [2.24, 2.45) is 0 Å². The Bertz CT molecular complexity index is 251. The Hall–Kier alpha value is -0.613. The Labute approximate surface area is 100.0 Å². The molecule has 0 atom stereocenters. The fraction of sp³-hybridized carbons (Fsp3) is 0.750. The number of hydrogen-bond donors (Lipinski definition) is 0. The monoisotopic (exact) mass is 244 g/mol. The summed E-state index contributed by atoms with van der Waals surface area (Å²) in [6.07, 6.45) is 3.98. The number of hydrogen-bond acceptors (Lipinski definition) is 3. The number of carbonyl (C=O) groups excluding carboxylic acids is 1. The number of carbonyl (C=O) groups is 1. The lowest BCUT2D eigenvalue weighted by molar-refractivity contribution is -0.134. The summed E-state index contributed by atoms with van der Waals surface area (Å²) in [5, 5.41) is 0.235. The molecule has 0 aromatic heterocycles. The van der Waals surface area contributed by atoms with Crippen molar-refractivity contribution in [2.75, 3.05) is 13.7 Å². The Morgan fingerprint density at radius 1 is 1.31 bits per heavy atom. The van der Waals surface area contributed by atoms with Gasteiger partial charge in [0, 0.05) is 12.7 Å². The zero-order valence-corrected chi connectivity index (χ0v) is 12.3. The quantitative estimate of drug-likeness (QED) is 0.322. The summed E-state index contributed by atoms with van der Waals surface area (Å²) in [5.74, 6) is -0.313. The summed E-state index contributed by atoms with van der Waals surface area (Å²) in [7, 11) is -0.267. The first kappa shape index (κ1) is 15.4. The van der Waals surface area contributed by atoms with Crippen molar-refractivity contribution in [3.8, 4) is 0 Å². The predicted molar refractivity (Wildman–Crippen MR) is 68.9 cm³/mol. The maximum Gasteiger partial charge on any atom is 0.330 e. The number of methoxy groups -OCH3 is 1. The first-order valence-corrected chi connectivity index (χ1v) is 8.50. The molecule has 16 heavy (non-hydrogen) atoms. The minimum atomic E-state index is -1.64. The predicted octanol–water partition coefficient (Wildman–Crippen LogP) is 3.13. The van der Waals surface area contributed by atoms with Crippen molar-refractivity contribution < 1.29 is 14.0 Å². The van der Waals surface area contributed by atoms with Gasteiger partial charge in [0.25, 0.3) is 0 Å². The van der Waals surface area contributed by atoms with E-state index in [9.17, 15) is 4.79 Å². The number of esters is 1. The molecule has 0 bridgehead atoms. The molecule has 0 rings (SSSR count). The van der Waals surface area contributed by atoms with Gasteiger partial charge < -0.3 is 9.16 Å². The third-order valence-electron chi connectivity index (χ3n) is 3.01. The van der Waals surface area contributed by atoms with E-state index in [2.05, 4.69) is 38.6 Å². The van der Waals surface area contributed by atoms with Gasteiger partial charge in [-0.2, -0.15) is 0 Å². The van der Waals surface area contributed by atoms with Crippen molar-refractivity contribution >= 4 is 14.3 Å². The minimum absolute atomic E-state index is 0.235. The van der Waals surface area contributed by atoms with E-state index in [1.165, 1.54) is 13.2 Å². The second-order valence-corrected chi connectivity index (χ2v) is 10.1. The van der Waals surface area contributed by atoms with Crippen LogP contribution in [-0.2, 0) is 14.0 Å². The zero-order chi connectivity index (χ0) is 12.8. The Morgan fingerprint density at radius 2 is 1.88 bits per heavy atom. The molecule has 4 heteroatoms. The molecule has 0 fully saturated rings. The molecule has 0 aliphatic rings. The van der Waals surface area contributed by atoms with Crippen LogP contribution in [-0.4, -0.2) is 28.0 Å². The highest BCUT2D eigenvalue weighted by atomic mass is 28.4. The van der Waals surface area contributed by atoms with Gasteiger partial charge in [-0.25, -0.2) is 4.79 Å². The van der Waals surface area contributed by atoms with Crippen molar-refractivity contribution in [2.45, 2.75) is 45.3 Å². The van der Waals surface area contributed by atoms with Gasteiger partial charge >= 0.3 is 5.97 Å². The maximum atomic E-state index is 10.8. The Kier molecular flexibility index (Phi) is 5.97. The van der Waals surface area contributed by atoms with Crippen LogP contribution in [0, 0.1) is 0 Å². The smallest absolute Gasteiger partial charge is 0.330 e. The topological polar surface area (TPSA) is 35.5 Å². The summed E-state index contributed by atoms with van der Waals surface area (Å²) < 4.78 is 10.4. The maximum absolute atomic E-state index is 10.8. The summed E-state index contributed by atoms with van der Waals surface area (Å²) in [6, 6.07) is 0.